The van der Waals surface area contributed by atoms with Crippen LogP contribution < -0.4 is 16.0 Å². The second-order valence-corrected chi connectivity index (χ2v) is 11.7. The van der Waals surface area contributed by atoms with Gasteiger partial charge in [0, 0.05) is 19.1 Å². The molecule has 0 radical (unpaired) electrons. The third kappa shape index (κ3) is 7.58. The number of carboxylic acid groups (broad SMARTS) is 1. The first-order valence-corrected chi connectivity index (χ1v) is 14.0. The Morgan fingerprint density at radius 1 is 1.25 bits per heavy atom. The van der Waals surface area contributed by atoms with E-state index in [2.05, 4.69) is 16.0 Å². The average Bonchev–Trinajstić information content (AvgIpc) is 3.48. The van der Waals surface area contributed by atoms with E-state index in [0.29, 0.717) is 19.4 Å². The molecule has 2 aliphatic heterocycles. The number of carbonyl (C=O) groups is 4. The number of Topliss-reactive ketones (excluding diaryl/α,β-unsaturated/α-hetero) is 1. The van der Waals surface area contributed by atoms with Crippen LogP contribution in [0.5, 0.6) is 0 Å². The van der Waals surface area contributed by atoms with Crippen LogP contribution in [0.3, 0.4) is 0 Å². The van der Waals surface area contributed by atoms with Gasteiger partial charge >= 0.3 is 5.97 Å². The molecule has 3 rings (SSSR count). The summed E-state index contributed by atoms with van der Waals surface area (Å²) in [5, 5.41) is 17.8. The Kier molecular flexibility index (Phi) is 9.20. The number of sulfone groups is 1. The first-order valence-electron chi connectivity index (χ1n) is 11.9. The molecule has 4 atom stereocenters. The zero-order valence-corrected chi connectivity index (χ0v) is 21.0. The number of ether oxygens (including phenoxy) is 1. The maximum Gasteiger partial charge on any atom is 0.326 e. The molecule has 198 valence electrons. The van der Waals surface area contributed by atoms with Gasteiger partial charge in [-0.2, -0.15) is 0 Å². The highest BCUT2D eigenvalue weighted by Gasteiger charge is 2.46. The average molecular weight is 524 g/mol. The summed E-state index contributed by atoms with van der Waals surface area (Å²) in [5.41, 5.74) is -0.302. The summed E-state index contributed by atoms with van der Waals surface area (Å²) >= 11 is 0. The van der Waals surface area contributed by atoms with Crippen molar-refractivity contribution in [3.05, 3.63) is 35.9 Å². The number of benzene rings is 1. The van der Waals surface area contributed by atoms with Gasteiger partial charge < -0.3 is 25.8 Å². The minimum atomic E-state index is -3.43. The third-order valence-electron chi connectivity index (χ3n) is 6.51. The van der Waals surface area contributed by atoms with E-state index in [-0.39, 0.29) is 37.6 Å². The molecule has 1 unspecified atom stereocenters. The van der Waals surface area contributed by atoms with Crippen molar-refractivity contribution in [3.63, 3.8) is 0 Å². The van der Waals surface area contributed by atoms with Gasteiger partial charge in [0.25, 0.3) is 0 Å². The Hall–Kier alpha value is -2.83. The van der Waals surface area contributed by atoms with Gasteiger partial charge in [-0.05, 0) is 37.8 Å². The molecular weight excluding hydrogens is 490 g/mol. The van der Waals surface area contributed by atoms with Gasteiger partial charge in [-0.25, -0.2) is 13.2 Å². The molecular formula is C24H33N3O8S. The van der Waals surface area contributed by atoms with E-state index in [0.717, 1.165) is 18.2 Å². The Balaban J connectivity index is 1.76. The molecule has 2 aliphatic rings. The van der Waals surface area contributed by atoms with Crippen molar-refractivity contribution >= 4 is 33.4 Å². The van der Waals surface area contributed by atoms with Gasteiger partial charge in [0.2, 0.25) is 11.8 Å². The summed E-state index contributed by atoms with van der Waals surface area (Å²) in [6, 6.07) is 6.96. The number of hydrogen-bond acceptors (Lipinski definition) is 8. The topological polar surface area (TPSA) is 168 Å². The van der Waals surface area contributed by atoms with Crippen molar-refractivity contribution in [2.24, 2.45) is 0 Å². The molecule has 0 spiro atoms. The summed E-state index contributed by atoms with van der Waals surface area (Å²) in [5.74, 6) is -2.84. The van der Waals surface area contributed by atoms with Crippen LogP contribution in [0.15, 0.2) is 30.3 Å². The SMILES string of the molecule is CS(=O)(=O)CC[C@H](NC(=O)C(Cc1ccccc1)OC[C@]1(C(=O)[C@@H]2CCC(=O)N2)CCCN1)C(=O)O. The number of aliphatic carboxylic acids is 1. The van der Waals surface area contributed by atoms with E-state index in [1.807, 2.05) is 6.07 Å². The maximum atomic E-state index is 13.3. The summed E-state index contributed by atoms with van der Waals surface area (Å²) < 4.78 is 29.0. The minimum Gasteiger partial charge on any atom is -0.480 e. The molecule has 0 bridgehead atoms. The van der Waals surface area contributed by atoms with E-state index in [1.54, 1.807) is 24.3 Å². The second-order valence-electron chi connectivity index (χ2n) is 9.44. The number of carboxylic acids is 1. The van der Waals surface area contributed by atoms with Crippen LogP contribution in [0.25, 0.3) is 0 Å². The predicted octanol–water partition coefficient (Wildman–Crippen LogP) is -0.412. The largest absolute Gasteiger partial charge is 0.480 e. The molecule has 2 heterocycles. The minimum absolute atomic E-state index is 0.121. The molecule has 0 aromatic heterocycles. The number of amides is 2. The highest BCUT2D eigenvalue weighted by atomic mass is 32.2. The molecule has 0 saturated carbocycles. The van der Waals surface area contributed by atoms with Crippen LogP contribution in [0.4, 0.5) is 0 Å². The van der Waals surface area contributed by atoms with Gasteiger partial charge in [0.15, 0.2) is 5.78 Å². The van der Waals surface area contributed by atoms with Gasteiger partial charge in [-0.1, -0.05) is 30.3 Å². The highest BCUT2D eigenvalue weighted by molar-refractivity contribution is 7.90. The monoisotopic (exact) mass is 523 g/mol. The lowest BCUT2D eigenvalue weighted by atomic mass is 9.87. The molecule has 12 heteroatoms. The van der Waals surface area contributed by atoms with Gasteiger partial charge in [-0.15, -0.1) is 0 Å². The van der Waals surface area contributed by atoms with Crippen molar-refractivity contribution in [2.75, 3.05) is 25.2 Å². The first-order chi connectivity index (χ1) is 17.0. The zero-order valence-electron chi connectivity index (χ0n) is 20.2. The summed E-state index contributed by atoms with van der Waals surface area (Å²) in [4.78, 5) is 49.8. The van der Waals surface area contributed by atoms with Crippen molar-refractivity contribution < 1.29 is 37.4 Å². The van der Waals surface area contributed by atoms with Crippen molar-refractivity contribution in [3.8, 4) is 0 Å². The second kappa shape index (κ2) is 11.9. The molecule has 1 aromatic rings. The Labute approximate surface area is 210 Å². The van der Waals surface area contributed by atoms with Gasteiger partial charge in [-0.3, -0.25) is 14.4 Å². The van der Waals surface area contributed by atoms with Crippen LogP contribution >= 0.6 is 0 Å². The van der Waals surface area contributed by atoms with Crippen molar-refractivity contribution in [1.29, 1.82) is 0 Å². The van der Waals surface area contributed by atoms with Crippen LogP contribution in [-0.2, 0) is 40.2 Å². The fourth-order valence-electron chi connectivity index (χ4n) is 4.51. The number of rotatable bonds is 13. The number of nitrogens with one attached hydrogen (secondary N) is 3. The fourth-order valence-corrected chi connectivity index (χ4v) is 5.17. The third-order valence-corrected chi connectivity index (χ3v) is 7.48. The smallest absolute Gasteiger partial charge is 0.326 e. The molecule has 0 aliphatic carbocycles. The van der Waals surface area contributed by atoms with E-state index >= 15 is 0 Å². The van der Waals surface area contributed by atoms with Crippen molar-refractivity contribution in [1.82, 2.24) is 16.0 Å². The van der Waals surface area contributed by atoms with Gasteiger partial charge in [0.1, 0.15) is 27.5 Å². The maximum absolute atomic E-state index is 13.3. The molecule has 4 N–H and O–H groups in total. The van der Waals surface area contributed by atoms with E-state index < -0.39 is 51.2 Å². The van der Waals surface area contributed by atoms with E-state index in [4.69, 9.17) is 4.74 Å². The Morgan fingerprint density at radius 3 is 2.53 bits per heavy atom. The number of hydrogen-bond donors (Lipinski definition) is 4. The molecule has 1 aromatic carbocycles. The number of ketones is 1. The normalized spacial score (nSPS) is 23.6. The lowest BCUT2D eigenvalue weighted by Gasteiger charge is -2.32. The quantitative estimate of drug-likeness (QED) is 0.269. The van der Waals surface area contributed by atoms with E-state index in [1.165, 1.54) is 0 Å². The standard InChI is InChI=1S/C24H33N3O8S/c1-36(33,34)13-10-18(23(31)32)27-22(30)19(14-16-6-3-2-4-7-16)35-15-24(11-5-12-25-24)21(29)17-8-9-20(28)26-17/h2-4,6-7,17-19,25H,5,8-15H2,1H3,(H,26,28)(H,27,30)(H,31,32)/t17-,18-,19?,24-/m0/s1. The molecule has 2 amide bonds. The molecule has 11 nitrogen and oxygen atoms in total. The summed E-state index contributed by atoms with van der Waals surface area (Å²) in [6.45, 7) is 0.447. The highest BCUT2D eigenvalue weighted by Crippen LogP contribution is 2.26. The molecule has 2 saturated heterocycles. The van der Waals surface area contributed by atoms with Crippen molar-refractivity contribution in [2.45, 2.75) is 62.3 Å². The fraction of sp³-hybridized carbons (Fsp3) is 0.583. The van der Waals surface area contributed by atoms with Crippen LogP contribution in [-0.4, -0.2) is 86.0 Å². The molecule has 36 heavy (non-hydrogen) atoms. The lowest BCUT2D eigenvalue weighted by Crippen LogP contribution is -2.58. The zero-order chi connectivity index (χ0) is 26.3. The summed E-state index contributed by atoms with van der Waals surface area (Å²) in [6.07, 6.45) is 1.57. The lowest BCUT2D eigenvalue weighted by molar-refractivity contribution is -0.145. The van der Waals surface area contributed by atoms with Crippen LogP contribution in [0.1, 0.15) is 37.7 Å². The summed E-state index contributed by atoms with van der Waals surface area (Å²) in [7, 11) is -3.43. The first kappa shape index (κ1) is 27.8. The Morgan fingerprint density at radius 2 is 1.97 bits per heavy atom. The molecule has 2 fully saturated rings. The van der Waals surface area contributed by atoms with Crippen LogP contribution in [0, 0.1) is 0 Å². The number of carbonyl (C=O) groups excluding carboxylic acids is 3. The van der Waals surface area contributed by atoms with E-state index in [9.17, 15) is 32.7 Å². The Bertz CT molecular complexity index is 1070. The van der Waals surface area contributed by atoms with Gasteiger partial charge in [0.05, 0.1) is 18.4 Å². The van der Waals surface area contributed by atoms with Crippen LogP contribution in [0.2, 0.25) is 0 Å². The predicted molar refractivity (Wildman–Crippen MR) is 130 cm³/mol.